The number of ether oxygens (including phenoxy) is 1. The van der Waals surface area contributed by atoms with Gasteiger partial charge in [0, 0.05) is 20.9 Å². The third-order valence-electron chi connectivity index (χ3n) is 3.28. The maximum Gasteiger partial charge on any atom is 0.255 e. The van der Waals surface area contributed by atoms with Gasteiger partial charge in [-0.25, -0.2) is 9.67 Å². The fourth-order valence-corrected chi connectivity index (χ4v) is 3.29. The molecule has 3 N–H and O–H groups in total. The number of carbonyl (C=O) groups excluding carboxylic acids is 1. The van der Waals surface area contributed by atoms with Crippen LogP contribution in [0.15, 0.2) is 29.0 Å². The Hall–Kier alpha value is -1.71. The molecular weight excluding hydrogens is 390 g/mol. The highest BCUT2D eigenvalue weighted by Gasteiger charge is 2.21. The van der Waals surface area contributed by atoms with Crippen molar-refractivity contribution >= 4 is 41.5 Å². The zero-order valence-electron chi connectivity index (χ0n) is 14.0. The molecule has 7 nitrogen and oxygen atoms in total. The fourth-order valence-electron chi connectivity index (χ4n) is 1.96. The highest BCUT2D eigenvalue weighted by atomic mass is 79.9. The number of anilines is 2. The van der Waals surface area contributed by atoms with Crippen LogP contribution in [0.5, 0.6) is 0 Å². The van der Waals surface area contributed by atoms with E-state index in [-0.39, 0.29) is 12.3 Å². The molecule has 0 spiro atoms. The molecule has 0 aliphatic heterocycles. The first-order valence-electron chi connectivity index (χ1n) is 7.60. The van der Waals surface area contributed by atoms with Crippen molar-refractivity contribution in [2.45, 2.75) is 32.4 Å². The quantitative estimate of drug-likeness (QED) is 0.513. The molecule has 24 heavy (non-hydrogen) atoms. The minimum absolute atomic E-state index is 0.228. The Kier molecular flexibility index (Phi) is 6.14. The van der Waals surface area contributed by atoms with E-state index < -0.39 is 14.0 Å². The van der Waals surface area contributed by atoms with E-state index in [9.17, 15) is 4.79 Å². The van der Waals surface area contributed by atoms with E-state index >= 15 is 0 Å². The lowest BCUT2D eigenvalue weighted by atomic mass is 10.3. The van der Waals surface area contributed by atoms with Crippen molar-refractivity contribution in [2.75, 3.05) is 11.9 Å². The van der Waals surface area contributed by atoms with Crippen molar-refractivity contribution in [1.82, 2.24) is 14.8 Å². The molecule has 0 bridgehead atoms. The normalized spacial score (nSPS) is 11.5. The first kappa shape index (κ1) is 18.6. The highest BCUT2D eigenvalue weighted by Crippen LogP contribution is 2.26. The van der Waals surface area contributed by atoms with Crippen molar-refractivity contribution in [2.24, 2.45) is 5.73 Å². The van der Waals surface area contributed by atoms with E-state index in [0.717, 1.165) is 6.04 Å². The van der Waals surface area contributed by atoms with Crippen LogP contribution in [0.1, 0.15) is 10.4 Å². The summed E-state index contributed by atoms with van der Waals surface area (Å²) in [5, 5.41) is 7.38. The summed E-state index contributed by atoms with van der Waals surface area (Å²) in [6.07, 6.45) is 1.66. The average Bonchev–Trinajstić information content (AvgIpc) is 2.79. The van der Waals surface area contributed by atoms with E-state index in [1.165, 1.54) is 0 Å². The van der Waals surface area contributed by atoms with Gasteiger partial charge in [-0.05, 0) is 34.1 Å². The van der Waals surface area contributed by atoms with Crippen molar-refractivity contribution in [1.29, 1.82) is 0 Å². The molecule has 2 aromatic rings. The zero-order chi connectivity index (χ0) is 17.7. The van der Waals surface area contributed by atoms with Crippen LogP contribution >= 0.6 is 15.9 Å². The second-order valence-electron chi connectivity index (χ2n) is 6.57. The molecule has 0 aliphatic rings. The van der Waals surface area contributed by atoms with Crippen LogP contribution in [0.25, 0.3) is 0 Å². The predicted molar refractivity (Wildman–Crippen MR) is 100 cm³/mol. The van der Waals surface area contributed by atoms with E-state index in [0.29, 0.717) is 22.8 Å². The second-order valence-corrected chi connectivity index (χ2v) is 12.9. The number of pyridine rings is 1. The summed E-state index contributed by atoms with van der Waals surface area (Å²) in [5.41, 5.74) is 5.75. The summed E-state index contributed by atoms with van der Waals surface area (Å²) >= 11 is 3.28. The van der Waals surface area contributed by atoms with Gasteiger partial charge in [0.1, 0.15) is 28.5 Å². The Labute approximate surface area is 150 Å². The van der Waals surface area contributed by atoms with Crippen molar-refractivity contribution in [3.63, 3.8) is 0 Å². The fraction of sp³-hybridized carbons (Fsp3) is 0.400. The van der Waals surface area contributed by atoms with Gasteiger partial charge < -0.3 is 15.8 Å². The number of nitrogens with two attached hydrogens (primary N) is 1. The largest absolute Gasteiger partial charge is 0.365 e. The minimum Gasteiger partial charge on any atom is -0.365 e. The van der Waals surface area contributed by atoms with Crippen LogP contribution in [-0.2, 0) is 11.5 Å². The molecule has 2 heterocycles. The van der Waals surface area contributed by atoms with E-state index in [4.69, 9.17) is 10.5 Å². The smallest absolute Gasteiger partial charge is 0.255 e. The van der Waals surface area contributed by atoms with Crippen LogP contribution < -0.4 is 11.1 Å². The molecule has 1 amide bonds. The Balaban J connectivity index is 2.18. The summed E-state index contributed by atoms with van der Waals surface area (Å²) in [4.78, 5) is 15.9. The molecule has 130 valence electrons. The number of primary amides is 1. The molecule has 0 unspecified atom stereocenters. The van der Waals surface area contributed by atoms with Crippen LogP contribution in [0.3, 0.4) is 0 Å². The maximum atomic E-state index is 11.8. The molecule has 2 aromatic heterocycles. The number of nitrogens with one attached hydrogen (secondary N) is 1. The molecule has 0 saturated heterocycles. The van der Waals surface area contributed by atoms with Crippen LogP contribution in [0.4, 0.5) is 11.6 Å². The molecule has 0 saturated carbocycles. The number of carbonyl (C=O) groups is 1. The molecule has 0 aliphatic carbocycles. The first-order chi connectivity index (χ1) is 11.3. The lowest BCUT2D eigenvalue weighted by molar-refractivity contribution is 0.0798. The number of nitrogens with zero attached hydrogens (tertiary/aromatic N) is 3. The topological polar surface area (TPSA) is 95.1 Å². The Morgan fingerprint density at radius 2 is 2.17 bits per heavy atom. The number of hydrogen-bond acceptors (Lipinski definition) is 5. The monoisotopic (exact) mass is 411 g/mol. The van der Waals surface area contributed by atoms with Crippen molar-refractivity contribution in [3.8, 4) is 0 Å². The molecule has 0 atom stereocenters. The lowest BCUT2D eigenvalue weighted by Crippen LogP contribution is -2.22. The number of amides is 1. The number of halogens is 1. The van der Waals surface area contributed by atoms with Crippen LogP contribution in [-0.4, -0.2) is 35.4 Å². The summed E-state index contributed by atoms with van der Waals surface area (Å²) in [6, 6.07) is 6.51. The third kappa shape index (κ3) is 5.15. The van der Waals surface area contributed by atoms with Gasteiger partial charge in [0.2, 0.25) is 0 Å². The van der Waals surface area contributed by atoms with Gasteiger partial charge in [-0.15, -0.1) is 0 Å². The van der Waals surface area contributed by atoms with E-state index in [1.54, 1.807) is 16.9 Å². The molecule has 0 aromatic carbocycles. The van der Waals surface area contributed by atoms with Crippen molar-refractivity contribution < 1.29 is 9.53 Å². The SMILES string of the molecule is C[Si](C)(C)CCOCn1nc(Br)c(C(N)=O)c1Nc1ccccn1. The Bertz CT molecular complexity index is 700. The van der Waals surface area contributed by atoms with Gasteiger partial charge in [-0.2, -0.15) is 5.10 Å². The molecule has 0 radical (unpaired) electrons. The summed E-state index contributed by atoms with van der Waals surface area (Å²) < 4.78 is 7.67. The van der Waals surface area contributed by atoms with Gasteiger partial charge in [0.05, 0.1) is 0 Å². The number of hydrogen-bond donors (Lipinski definition) is 2. The zero-order valence-corrected chi connectivity index (χ0v) is 16.6. The van der Waals surface area contributed by atoms with Crippen LogP contribution in [0, 0.1) is 0 Å². The van der Waals surface area contributed by atoms with Crippen molar-refractivity contribution in [3.05, 3.63) is 34.6 Å². The molecule has 2 rings (SSSR count). The second kappa shape index (κ2) is 7.91. The molecular formula is C15H22BrN5O2Si. The standard InChI is InChI=1S/C15H22BrN5O2Si/c1-24(2,3)9-8-23-10-21-15(12(14(17)22)13(16)20-21)19-11-6-4-5-7-18-11/h4-7H,8-10H2,1-3H3,(H2,17,22)(H,18,19). The summed E-state index contributed by atoms with van der Waals surface area (Å²) in [7, 11) is -1.16. The predicted octanol–water partition coefficient (Wildman–Crippen LogP) is 3.20. The summed E-state index contributed by atoms with van der Waals surface area (Å²) in [6.45, 7) is 7.76. The van der Waals surface area contributed by atoms with Gasteiger partial charge in [-0.1, -0.05) is 25.7 Å². The van der Waals surface area contributed by atoms with Gasteiger partial charge in [-0.3, -0.25) is 4.79 Å². The van der Waals surface area contributed by atoms with E-state index in [1.807, 2.05) is 12.1 Å². The Morgan fingerprint density at radius 1 is 1.42 bits per heavy atom. The Morgan fingerprint density at radius 3 is 2.75 bits per heavy atom. The van der Waals surface area contributed by atoms with Gasteiger partial charge in [0.15, 0.2) is 0 Å². The molecule has 9 heteroatoms. The lowest BCUT2D eigenvalue weighted by Gasteiger charge is -2.16. The maximum absolute atomic E-state index is 11.8. The first-order valence-corrected chi connectivity index (χ1v) is 12.1. The highest BCUT2D eigenvalue weighted by molar-refractivity contribution is 9.10. The minimum atomic E-state index is -1.16. The molecule has 0 fully saturated rings. The third-order valence-corrected chi connectivity index (χ3v) is 5.54. The number of rotatable bonds is 8. The summed E-state index contributed by atoms with van der Waals surface area (Å²) in [5.74, 6) is 0.477. The van der Waals surface area contributed by atoms with Gasteiger partial charge in [0.25, 0.3) is 5.91 Å². The van der Waals surface area contributed by atoms with Gasteiger partial charge >= 0.3 is 0 Å². The average molecular weight is 412 g/mol. The number of aromatic nitrogens is 3. The van der Waals surface area contributed by atoms with Crippen LogP contribution in [0.2, 0.25) is 25.7 Å². The van der Waals surface area contributed by atoms with E-state index in [2.05, 4.69) is 51.0 Å².